The Kier molecular flexibility index (Phi) is 5.40. The van der Waals surface area contributed by atoms with Crippen molar-refractivity contribution in [2.45, 2.75) is 78.1 Å². The van der Waals surface area contributed by atoms with E-state index in [1.807, 2.05) is 19.9 Å². The van der Waals surface area contributed by atoms with Gasteiger partial charge < -0.3 is 8.71 Å². The Labute approximate surface area is 191 Å². The van der Waals surface area contributed by atoms with Crippen LogP contribution in [-0.4, -0.2) is 13.6 Å². The molecule has 2 aromatic rings. The van der Waals surface area contributed by atoms with Crippen molar-refractivity contribution in [1.82, 2.24) is 5.16 Å². The molecule has 1 aromatic heterocycles. The summed E-state index contributed by atoms with van der Waals surface area (Å²) in [7, 11) is -4.02. The highest BCUT2D eigenvalue weighted by atomic mass is 32.2. The minimum absolute atomic E-state index is 0.351. The fourth-order valence-electron chi connectivity index (χ4n) is 7.32. The molecule has 3 aliphatic rings. The first-order valence-electron chi connectivity index (χ1n) is 12.0. The van der Waals surface area contributed by atoms with E-state index in [4.69, 9.17) is 13.8 Å². The largest absolute Gasteiger partial charge is 0.380 e. The second-order valence-electron chi connectivity index (χ2n) is 10.5. The van der Waals surface area contributed by atoms with E-state index in [0.717, 1.165) is 48.6 Å². The van der Waals surface area contributed by atoms with Crippen LogP contribution >= 0.6 is 0 Å². The fourth-order valence-corrected chi connectivity index (χ4v) is 7.73. The molecule has 2 saturated carbocycles. The van der Waals surface area contributed by atoms with Gasteiger partial charge in [-0.3, -0.25) is 0 Å². The van der Waals surface area contributed by atoms with Crippen molar-refractivity contribution in [3.8, 4) is 5.75 Å². The second kappa shape index (κ2) is 7.87. The number of benzene rings is 1. The number of nitrogens with two attached hydrogens (primary N) is 1. The fraction of sp³-hybridized carbons (Fsp3) is 0.640. The van der Waals surface area contributed by atoms with Crippen molar-refractivity contribution in [3.63, 3.8) is 0 Å². The summed E-state index contributed by atoms with van der Waals surface area (Å²) in [5.74, 6) is 4.05. The van der Waals surface area contributed by atoms with Gasteiger partial charge in [-0.1, -0.05) is 25.1 Å². The molecule has 174 valence electrons. The van der Waals surface area contributed by atoms with Gasteiger partial charge in [-0.05, 0) is 104 Å². The van der Waals surface area contributed by atoms with Crippen molar-refractivity contribution < 1.29 is 17.1 Å². The van der Waals surface area contributed by atoms with Crippen LogP contribution in [-0.2, 0) is 29.6 Å². The van der Waals surface area contributed by atoms with E-state index in [9.17, 15) is 8.42 Å². The highest BCUT2D eigenvalue weighted by Gasteiger charge is 2.54. The summed E-state index contributed by atoms with van der Waals surface area (Å²) in [6.45, 7) is 6.54. The Morgan fingerprint density at radius 2 is 2.03 bits per heavy atom. The molecule has 3 aliphatic carbocycles. The van der Waals surface area contributed by atoms with Gasteiger partial charge in [0.25, 0.3) is 0 Å². The standard InChI is InChI=1S/C25H34N2O4S/c1-4-16-12-22-17(13-24(16)31-32(26,28)29)5-7-21-20(22)9-10-25(3)18(6-8-23(21)25)14-19-11-15(2)27-30-19/h11-13,18,20-21,23H,4-10,14H2,1-3H3,(H2,26,28,29)/t18-,20?,21?,23?,25-/m1/s1. The van der Waals surface area contributed by atoms with Gasteiger partial charge in [0.05, 0.1) is 5.69 Å². The lowest BCUT2D eigenvalue weighted by molar-refractivity contribution is 0.0267. The molecule has 7 heteroatoms. The molecule has 1 heterocycles. The number of aromatic nitrogens is 1. The van der Waals surface area contributed by atoms with E-state index in [2.05, 4.69) is 24.2 Å². The van der Waals surface area contributed by atoms with Gasteiger partial charge in [-0.2, -0.15) is 13.6 Å². The lowest BCUT2D eigenvalue weighted by Gasteiger charge is -2.51. The van der Waals surface area contributed by atoms with Crippen LogP contribution in [0.3, 0.4) is 0 Å². The maximum Gasteiger partial charge on any atom is 0.380 e. The molecule has 5 rings (SSSR count). The van der Waals surface area contributed by atoms with Crippen LogP contribution in [0.15, 0.2) is 22.7 Å². The molecule has 0 bridgehead atoms. The van der Waals surface area contributed by atoms with Crippen LogP contribution in [0.5, 0.6) is 5.75 Å². The Balaban J connectivity index is 1.41. The quantitative estimate of drug-likeness (QED) is 0.691. The summed E-state index contributed by atoms with van der Waals surface area (Å²) in [4.78, 5) is 0. The van der Waals surface area contributed by atoms with Crippen LogP contribution in [0.1, 0.15) is 80.0 Å². The SMILES string of the molecule is CCc1cc2c(cc1OS(N)(=O)=O)CCC1C2CC[C@@]2(C)C1CC[C@@H]2Cc1cc(C)no1. The summed E-state index contributed by atoms with van der Waals surface area (Å²) < 4.78 is 33.7. The Morgan fingerprint density at radius 1 is 1.22 bits per heavy atom. The van der Waals surface area contributed by atoms with Crippen molar-refractivity contribution in [1.29, 1.82) is 0 Å². The number of nitrogens with zero attached hydrogens (tertiary/aromatic N) is 1. The van der Waals surface area contributed by atoms with Gasteiger partial charge >= 0.3 is 10.3 Å². The summed E-state index contributed by atoms with van der Waals surface area (Å²) >= 11 is 0. The zero-order chi connectivity index (χ0) is 22.7. The van der Waals surface area contributed by atoms with Gasteiger partial charge in [0.2, 0.25) is 0 Å². The lowest BCUT2D eigenvalue weighted by Crippen LogP contribution is -2.42. The van der Waals surface area contributed by atoms with Crippen molar-refractivity contribution >= 4 is 10.3 Å². The van der Waals surface area contributed by atoms with Crippen LogP contribution in [0.25, 0.3) is 0 Å². The third-order valence-corrected chi connectivity index (χ3v) is 9.23. The van der Waals surface area contributed by atoms with Crippen LogP contribution < -0.4 is 9.32 Å². The second-order valence-corrected chi connectivity index (χ2v) is 11.6. The van der Waals surface area contributed by atoms with E-state index >= 15 is 0 Å². The Morgan fingerprint density at radius 3 is 2.72 bits per heavy atom. The highest BCUT2D eigenvalue weighted by Crippen LogP contribution is 2.63. The number of aryl methyl sites for hydroxylation is 3. The normalized spacial score (nSPS) is 31.6. The zero-order valence-corrected chi connectivity index (χ0v) is 20.1. The highest BCUT2D eigenvalue weighted by molar-refractivity contribution is 7.84. The third-order valence-electron chi connectivity index (χ3n) is 8.81. The van der Waals surface area contributed by atoms with Crippen molar-refractivity contribution in [2.24, 2.45) is 28.3 Å². The summed E-state index contributed by atoms with van der Waals surface area (Å²) in [5, 5.41) is 9.25. The van der Waals surface area contributed by atoms with Gasteiger partial charge in [0.15, 0.2) is 0 Å². The van der Waals surface area contributed by atoms with Crippen LogP contribution in [0.4, 0.5) is 0 Å². The maximum atomic E-state index is 11.5. The molecule has 1 aromatic carbocycles. The smallest absolute Gasteiger partial charge is 0.371 e. The molecule has 0 amide bonds. The van der Waals surface area contributed by atoms with Gasteiger partial charge in [0.1, 0.15) is 11.5 Å². The summed E-state index contributed by atoms with van der Waals surface area (Å²) in [6.07, 6.45) is 8.82. The molecular formula is C25H34N2O4S. The Hall–Kier alpha value is -1.86. The Bertz CT molecular complexity index is 1120. The van der Waals surface area contributed by atoms with E-state index in [-0.39, 0.29) is 0 Å². The molecule has 6 nitrogen and oxygen atoms in total. The van der Waals surface area contributed by atoms with E-state index in [0.29, 0.717) is 28.9 Å². The van der Waals surface area contributed by atoms with Gasteiger partial charge in [-0.15, -0.1) is 0 Å². The molecule has 0 spiro atoms. The van der Waals surface area contributed by atoms with E-state index < -0.39 is 10.3 Å². The third kappa shape index (κ3) is 3.77. The molecule has 3 unspecified atom stereocenters. The minimum Gasteiger partial charge on any atom is -0.371 e. The predicted octanol–water partition coefficient (Wildman–Crippen LogP) is 4.84. The van der Waals surface area contributed by atoms with Crippen LogP contribution in [0.2, 0.25) is 0 Å². The van der Waals surface area contributed by atoms with E-state index in [1.165, 1.54) is 36.8 Å². The van der Waals surface area contributed by atoms with E-state index in [1.54, 1.807) is 0 Å². The number of hydrogen-bond acceptors (Lipinski definition) is 5. The molecule has 0 saturated heterocycles. The molecule has 0 radical (unpaired) electrons. The first-order chi connectivity index (χ1) is 15.2. The monoisotopic (exact) mass is 458 g/mol. The molecule has 32 heavy (non-hydrogen) atoms. The predicted molar refractivity (Wildman–Crippen MR) is 123 cm³/mol. The van der Waals surface area contributed by atoms with Crippen LogP contribution in [0, 0.1) is 30.1 Å². The number of fused-ring (bicyclic) bond motifs is 5. The number of rotatable bonds is 5. The minimum atomic E-state index is -4.02. The average molecular weight is 459 g/mol. The molecule has 2 N–H and O–H groups in total. The first kappa shape index (κ1) is 22.0. The molecular weight excluding hydrogens is 424 g/mol. The maximum absolute atomic E-state index is 11.5. The first-order valence-corrected chi connectivity index (χ1v) is 13.4. The molecule has 0 aliphatic heterocycles. The molecule has 5 atom stereocenters. The van der Waals surface area contributed by atoms with Gasteiger partial charge in [0, 0.05) is 12.5 Å². The summed E-state index contributed by atoms with van der Waals surface area (Å²) in [5.41, 5.74) is 4.89. The molecule has 2 fully saturated rings. The number of hydrogen-bond donors (Lipinski definition) is 1. The zero-order valence-electron chi connectivity index (χ0n) is 19.3. The average Bonchev–Trinajstić information content (AvgIpc) is 3.29. The summed E-state index contributed by atoms with van der Waals surface area (Å²) in [6, 6.07) is 6.23. The van der Waals surface area contributed by atoms with Crippen molar-refractivity contribution in [3.05, 3.63) is 46.3 Å². The van der Waals surface area contributed by atoms with Gasteiger partial charge in [-0.25, -0.2) is 0 Å². The van der Waals surface area contributed by atoms with Crippen molar-refractivity contribution in [2.75, 3.05) is 0 Å². The lowest BCUT2D eigenvalue weighted by atomic mass is 9.54. The topological polar surface area (TPSA) is 95.4 Å².